The van der Waals surface area contributed by atoms with Crippen molar-refractivity contribution in [1.82, 2.24) is 10.1 Å². The number of likely N-dealkylation sites (tertiary alicyclic amines) is 1. The fourth-order valence-electron chi connectivity index (χ4n) is 4.78. The van der Waals surface area contributed by atoms with E-state index in [2.05, 4.69) is 22.2 Å². The Morgan fingerprint density at radius 3 is 2.75 bits per heavy atom. The van der Waals surface area contributed by atoms with Crippen molar-refractivity contribution in [2.24, 2.45) is 11.8 Å². The molecule has 0 radical (unpaired) electrons. The number of aromatic nitrogens is 1. The molecule has 2 heterocycles. The fourth-order valence-corrected chi connectivity index (χ4v) is 4.78. The molecular weight excluding hydrogens is 300 g/mol. The van der Waals surface area contributed by atoms with E-state index in [1.807, 2.05) is 32.0 Å². The van der Waals surface area contributed by atoms with Gasteiger partial charge in [-0.05, 0) is 44.6 Å². The van der Waals surface area contributed by atoms with Crippen LogP contribution in [0.25, 0.3) is 0 Å². The average Bonchev–Trinajstić information content (AvgIpc) is 3.15. The summed E-state index contributed by atoms with van der Waals surface area (Å²) in [5, 5.41) is 15.6. The molecule has 0 amide bonds. The maximum atomic E-state index is 11.5. The second-order valence-electron chi connectivity index (χ2n) is 7.55. The second-order valence-corrected chi connectivity index (χ2v) is 7.55. The molecule has 128 valence electrons. The molecule has 2 fully saturated rings. The highest BCUT2D eigenvalue weighted by atomic mass is 16.5. The summed E-state index contributed by atoms with van der Waals surface area (Å²) in [6, 6.07) is 10.3. The number of rotatable bonds is 3. The predicted molar refractivity (Wildman–Crippen MR) is 92.4 cm³/mol. The standard InChI is InChI=1S/C20H26N2O2/c1-14-18(15(2)24-21-14)12-22-11-16-7-6-10-20(23,19(16)13-22)17-8-4-3-5-9-17/h3-5,8-9,16,19,23H,6-7,10-13H2,1-2H3/t16-,19+,20+/m1/s1. The molecule has 1 aromatic carbocycles. The maximum Gasteiger partial charge on any atom is 0.138 e. The molecular formula is C20H26N2O2. The molecule has 0 spiro atoms. The van der Waals surface area contributed by atoms with Crippen molar-refractivity contribution in [3.63, 3.8) is 0 Å². The third-order valence-electron chi connectivity index (χ3n) is 6.10. The van der Waals surface area contributed by atoms with Gasteiger partial charge in [-0.1, -0.05) is 35.5 Å². The summed E-state index contributed by atoms with van der Waals surface area (Å²) in [7, 11) is 0. The largest absolute Gasteiger partial charge is 0.385 e. The average molecular weight is 326 g/mol. The zero-order valence-corrected chi connectivity index (χ0v) is 14.5. The number of benzene rings is 1. The molecule has 2 aromatic rings. The van der Waals surface area contributed by atoms with E-state index in [0.717, 1.165) is 49.5 Å². The molecule has 1 saturated carbocycles. The van der Waals surface area contributed by atoms with E-state index in [9.17, 15) is 5.11 Å². The molecule has 3 atom stereocenters. The normalized spacial score (nSPS) is 30.5. The van der Waals surface area contributed by atoms with Gasteiger partial charge in [0.2, 0.25) is 0 Å². The highest BCUT2D eigenvalue weighted by Gasteiger charge is 2.49. The lowest BCUT2D eigenvalue weighted by molar-refractivity contribution is -0.0648. The SMILES string of the molecule is Cc1noc(C)c1CN1C[C@H]2CCC[C@](O)(c3ccccc3)[C@H]2C1. The number of hydrogen-bond acceptors (Lipinski definition) is 4. The van der Waals surface area contributed by atoms with Crippen LogP contribution in [0.15, 0.2) is 34.9 Å². The molecule has 4 heteroatoms. The third-order valence-corrected chi connectivity index (χ3v) is 6.10. The molecule has 1 aromatic heterocycles. The van der Waals surface area contributed by atoms with Crippen LogP contribution < -0.4 is 0 Å². The minimum atomic E-state index is -0.683. The van der Waals surface area contributed by atoms with Crippen LogP contribution >= 0.6 is 0 Å². The summed E-state index contributed by atoms with van der Waals surface area (Å²) in [6.45, 7) is 6.87. The van der Waals surface area contributed by atoms with Gasteiger partial charge in [0.15, 0.2) is 0 Å². The van der Waals surface area contributed by atoms with Gasteiger partial charge in [0.05, 0.1) is 11.3 Å². The van der Waals surface area contributed by atoms with Gasteiger partial charge < -0.3 is 9.63 Å². The van der Waals surface area contributed by atoms with Crippen molar-refractivity contribution < 1.29 is 9.63 Å². The van der Waals surface area contributed by atoms with Crippen molar-refractivity contribution in [3.05, 3.63) is 52.9 Å². The Labute approximate surface area is 143 Å². The first-order valence-electron chi connectivity index (χ1n) is 9.00. The first-order chi connectivity index (χ1) is 11.6. The molecule has 0 bridgehead atoms. The van der Waals surface area contributed by atoms with E-state index in [4.69, 9.17) is 4.52 Å². The lowest BCUT2D eigenvalue weighted by Gasteiger charge is -2.41. The summed E-state index contributed by atoms with van der Waals surface area (Å²) < 4.78 is 5.31. The van der Waals surface area contributed by atoms with Crippen LogP contribution in [0, 0.1) is 25.7 Å². The Kier molecular flexibility index (Phi) is 3.97. The lowest BCUT2D eigenvalue weighted by Crippen LogP contribution is -2.42. The maximum absolute atomic E-state index is 11.5. The summed E-state index contributed by atoms with van der Waals surface area (Å²) in [5.41, 5.74) is 2.59. The zero-order chi connectivity index (χ0) is 16.7. The van der Waals surface area contributed by atoms with E-state index >= 15 is 0 Å². The Morgan fingerprint density at radius 2 is 2.04 bits per heavy atom. The third kappa shape index (κ3) is 2.58. The first kappa shape index (κ1) is 15.9. The fraction of sp³-hybridized carbons (Fsp3) is 0.550. The number of nitrogens with zero attached hydrogens (tertiary/aromatic N) is 2. The highest BCUT2D eigenvalue weighted by Crippen LogP contribution is 2.48. The number of aliphatic hydroxyl groups is 1. The Bertz CT molecular complexity index is 692. The van der Waals surface area contributed by atoms with Gasteiger partial charge in [0, 0.05) is 31.1 Å². The van der Waals surface area contributed by atoms with Gasteiger partial charge in [-0.3, -0.25) is 4.90 Å². The monoisotopic (exact) mass is 326 g/mol. The topological polar surface area (TPSA) is 49.5 Å². The van der Waals surface area contributed by atoms with E-state index in [0.29, 0.717) is 11.8 Å². The van der Waals surface area contributed by atoms with Crippen molar-refractivity contribution in [1.29, 1.82) is 0 Å². The van der Waals surface area contributed by atoms with Crippen LogP contribution in [0.2, 0.25) is 0 Å². The second kappa shape index (κ2) is 6.01. The van der Waals surface area contributed by atoms with Crippen LogP contribution in [0.1, 0.15) is 41.8 Å². The first-order valence-corrected chi connectivity index (χ1v) is 9.00. The van der Waals surface area contributed by atoms with E-state index < -0.39 is 5.60 Å². The van der Waals surface area contributed by atoms with Gasteiger partial charge in [-0.25, -0.2) is 0 Å². The lowest BCUT2D eigenvalue weighted by atomic mass is 9.67. The molecule has 2 aliphatic rings. The number of fused-ring (bicyclic) bond motifs is 1. The van der Waals surface area contributed by atoms with Crippen molar-refractivity contribution in [2.45, 2.75) is 45.3 Å². The molecule has 1 aliphatic carbocycles. The zero-order valence-electron chi connectivity index (χ0n) is 14.5. The van der Waals surface area contributed by atoms with Crippen LogP contribution in [0.3, 0.4) is 0 Å². The molecule has 24 heavy (non-hydrogen) atoms. The van der Waals surface area contributed by atoms with Crippen LogP contribution in [-0.2, 0) is 12.1 Å². The van der Waals surface area contributed by atoms with Crippen LogP contribution in [0.4, 0.5) is 0 Å². The van der Waals surface area contributed by atoms with E-state index in [1.54, 1.807) is 0 Å². The molecule has 4 nitrogen and oxygen atoms in total. The summed E-state index contributed by atoms with van der Waals surface area (Å²) in [5.74, 6) is 1.80. The molecule has 4 rings (SSSR count). The van der Waals surface area contributed by atoms with Gasteiger partial charge >= 0.3 is 0 Å². The van der Waals surface area contributed by atoms with Gasteiger partial charge in [-0.2, -0.15) is 0 Å². The van der Waals surface area contributed by atoms with Crippen molar-refractivity contribution in [2.75, 3.05) is 13.1 Å². The minimum absolute atomic E-state index is 0.314. The Hall–Kier alpha value is -1.65. The van der Waals surface area contributed by atoms with E-state index in [1.165, 1.54) is 12.0 Å². The van der Waals surface area contributed by atoms with Gasteiger partial charge in [0.1, 0.15) is 5.76 Å². The Morgan fingerprint density at radius 1 is 1.25 bits per heavy atom. The van der Waals surface area contributed by atoms with Crippen molar-refractivity contribution >= 4 is 0 Å². The van der Waals surface area contributed by atoms with Crippen LogP contribution in [0.5, 0.6) is 0 Å². The van der Waals surface area contributed by atoms with Gasteiger partial charge in [-0.15, -0.1) is 0 Å². The highest BCUT2D eigenvalue weighted by molar-refractivity contribution is 5.26. The minimum Gasteiger partial charge on any atom is -0.385 e. The smallest absolute Gasteiger partial charge is 0.138 e. The van der Waals surface area contributed by atoms with Gasteiger partial charge in [0.25, 0.3) is 0 Å². The molecule has 1 aliphatic heterocycles. The Balaban J connectivity index is 1.57. The number of hydrogen-bond donors (Lipinski definition) is 1. The molecule has 1 saturated heterocycles. The molecule has 1 N–H and O–H groups in total. The summed E-state index contributed by atoms with van der Waals surface area (Å²) in [4.78, 5) is 2.47. The summed E-state index contributed by atoms with van der Waals surface area (Å²) >= 11 is 0. The van der Waals surface area contributed by atoms with Crippen molar-refractivity contribution in [3.8, 4) is 0 Å². The van der Waals surface area contributed by atoms with E-state index in [-0.39, 0.29) is 0 Å². The van der Waals surface area contributed by atoms with Crippen LogP contribution in [-0.4, -0.2) is 28.3 Å². The molecule has 0 unspecified atom stereocenters. The predicted octanol–water partition coefficient (Wildman–Crippen LogP) is 3.41. The summed E-state index contributed by atoms with van der Waals surface area (Å²) in [6.07, 6.45) is 3.20. The number of aryl methyl sites for hydroxylation is 2. The quantitative estimate of drug-likeness (QED) is 0.939.